The molecule has 0 fully saturated rings. The van der Waals surface area contributed by atoms with Crippen LogP contribution in [0.1, 0.15) is 18.4 Å². The van der Waals surface area contributed by atoms with Crippen LogP contribution in [-0.4, -0.2) is 43.0 Å². The topological polar surface area (TPSA) is 104 Å². The van der Waals surface area contributed by atoms with E-state index in [1.807, 2.05) is 10.8 Å². The zero-order chi connectivity index (χ0) is 14.5. The summed E-state index contributed by atoms with van der Waals surface area (Å²) in [4.78, 5) is 10.7. The smallest absolute Gasteiger partial charge is 0.324 e. The molecule has 0 amide bonds. The Morgan fingerprint density at radius 1 is 1.32 bits per heavy atom. The highest BCUT2D eigenvalue weighted by atomic mass is 32.2. The number of benzene rings is 1. The van der Waals surface area contributed by atoms with Gasteiger partial charge in [0.2, 0.25) is 10.0 Å². The molecule has 0 aliphatic heterocycles. The summed E-state index contributed by atoms with van der Waals surface area (Å²) in [5.74, 6) is -1.91. The normalized spacial score (nSPS) is 14.8. The van der Waals surface area contributed by atoms with Gasteiger partial charge < -0.3 is 10.2 Å². The van der Waals surface area contributed by atoms with Gasteiger partial charge in [-0.1, -0.05) is 37.3 Å². The molecule has 0 aliphatic carbocycles. The molecule has 0 heterocycles. The van der Waals surface area contributed by atoms with Crippen LogP contribution >= 0.6 is 0 Å². The van der Waals surface area contributed by atoms with Gasteiger partial charge in [-0.05, 0) is 11.5 Å². The number of hydrogen-bond donors (Lipinski definition) is 3. The number of rotatable bonds is 7. The molecule has 7 heteroatoms. The number of hydrogen-bond acceptors (Lipinski definition) is 4. The van der Waals surface area contributed by atoms with Gasteiger partial charge in [0, 0.05) is 0 Å². The lowest BCUT2D eigenvalue weighted by molar-refractivity contribution is -0.139. The molecule has 1 aromatic rings. The number of aliphatic hydroxyl groups excluding tert-OH is 1. The molecule has 0 spiro atoms. The van der Waals surface area contributed by atoms with E-state index < -0.39 is 28.6 Å². The summed E-state index contributed by atoms with van der Waals surface area (Å²) in [6.45, 7) is 0.956. The quantitative estimate of drug-likeness (QED) is 0.662. The van der Waals surface area contributed by atoms with Gasteiger partial charge >= 0.3 is 5.97 Å². The first-order valence-corrected chi connectivity index (χ1v) is 7.39. The van der Waals surface area contributed by atoms with Crippen LogP contribution in [0.4, 0.5) is 0 Å². The molecule has 3 N–H and O–H groups in total. The highest BCUT2D eigenvalue weighted by Gasteiger charge is 2.25. The molecule has 2 atom stereocenters. The lowest BCUT2D eigenvalue weighted by Gasteiger charge is -2.16. The summed E-state index contributed by atoms with van der Waals surface area (Å²) in [6, 6.07) is 7.55. The van der Waals surface area contributed by atoms with Crippen molar-refractivity contribution in [2.24, 2.45) is 0 Å². The first-order valence-electron chi connectivity index (χ1n) is 5.74. The second kappa shape index (κ2) is 6.65. The zero-order valence-electron chi connectivity index (χ0n) is 10.5. The van der Waals surface area contributed by atoms with Crippen LogP contribution in [-0.2, 0) is 14.8 Å². The maximum absolute atomic E-state index is 11.8. The minimum absolute atomic E-state index is 0.235. The van der Waals surface area contributed by atoms with Crippen molar-refractivity contribution in [1.29, 1.82) is 0 Å². The van der Waals surface area contributed by atoms with Crippen LogP contribution in [0.3, 0.4) is 0 Å². The SMILES string of the molecule is CC(CS(=O)(=O)N[C@H](CO)C(=O)O)c1ccccc1. The van der Waals surface area contributed by atoms with Crippen LogP contribution < -0.4 is 4.72 Å². The fraction of sp³-hybridized carbons (Fsp3) is 0.417. The predicted octanol–water partition coefficient (Wildman–Crippen LogP) is 0.155. The van der Waals surface area contributed by atoms with Gasteiger partial charge in [-0.2, -0.15) is 4.72 Å². The molecule has 0 aromatic heterocycles. The molecule has 1 rings (SSSR count). The average molecular weight is 287 g/mol. The highest BCUT2D eigenvalue weighted by Crippen LogP contribution is 2.16. The average Bonchev–Trinajstić information content (AvgIpc) is 2.36. The Bertz CT molecular complexity index is 514. The molecule has 1 aromatic carbocycles. The Hall–Kier alpha value is -1.44. The molecule has 19 heavy (non-hydrogen) atoms. The van der Waals surface area contributed by atoms with Crippen LogP contribution in [0.25, 0.3) is 0 Å². The summed E-state index contributed by atoms with van der Waals surface area (Å²) >= 11 is 0. The molecular formula is C12H17NO5S. The molecule has 106 valence electrons. The third-order valence-corrected chi connectivity index (χ3v) is 4.22. The summed E-state index contributed by atoms with van der Waals surface area (Å²) in [5, 5.41) is 17.5. The van der Waals surface area contributed by atoms with Gasteiger partial charge in [0.25, 0.3) is 0 Å². The molecule has 0 saturated carbocycles. The molecule has 0 bridgehead atoms. The Labute approximate surface area is 112 Å². The monoisotopic (exact) mass is 287 g/mol. The zero-order valence-corrected chi connectivity index (χ0v) is 11.3. The molecular weight excluding hydrogens is 270 g/mol. The van der Waals surface area contributed by atoms with Gasteiger partial charge in [-0.15, -0.1) is 0 Å². The minimum Gasteiger partial charge on any atom is -0.480 e. The van der Waals surface area contributed by atoms with E-state index in [0.29, 0.717) is 0 Å². The van der Waals surface area contributed by atoms with Crippen molar-refractivity contribution in [3.05, 3.63) is 35.9 Å². The number of nitrogens with one attached hydrogen (secondary N) is 1. The van der Waals surface area contributed by atoms with E-state index in [1.54, 1.807) is 31.2 Å². The van der Waals surface area contributed by atoms with Gasteiger partial charge in [0.1, 0.15) is 6.04 Å². The van der Waals surface area contributed by atoms with Gasteiger partial charge in [-0.3, -0.25) is 4.79 Å². The Morgan fingerprint density at radius 3 is 2.37 bits per heavy atom. The van der Waals surface area contributed by atoms with Crippen LogP contribution in [0.2, 0.25) is 0 Å². The van der Waals surface area contributed by atoms with Crippen molar-refractivity contribution in [2.75, 3.05) is 12.4 Å². The van der Waals surface area contributed by atoms with Crippen molar-refractivity contribution in [1.82, 2.24) is 4.72 Å². The lowest BCUT2D eigenvalue weighted by atomic mass is 10.0. The summed E-state index contributed by atoms with van der Waals surface area (Å²) in [5.41, 5.74) is 0.851. The summed E-state index contributed by atoms with van der Waals surface area (Å²) < 4.78 is 25.6. The Kier molecular flexibility index (Phi) is 5.46. The largest absolute Gasteiger partial charge is 0.480 e. The fourth-order valence-corrected chi connectivity index (χ4v) is 3.19. The minimum atomic E-state index is -3.78. The van der Waals surface area contributed by atoms with E-state index in [0.717, 1.165) is 5.56 Å². The van der Waals surface area contributed by atoms with Crippen molar-refractivity contribution in [3.63, 3.8) is 0 Å². The van der Waals surface area contributed by atoms with E-state index in [-0.39, 0.29) is 11.7 Å². The van der Waals surface area contributed by atoms with E-state index >= 15 is 0 Å². The van der Waals surface area contributed by atoms with Crippen LogP contribution in [0.15, 0.2) is 30.3 Å². The first kappa shape index (κ1) is 15.6. The molecule has 0 aliphatic rings. The van der Waals surface area contributed by atoms with Crippen LogP contribution in [0.5, 0.6) is 0 Å². The number of aliphatic hydroxyl groups is 1. The van der Waals surface area contributed by atoms with Crippen molar-refractivity contribution in [2.45, 2.75) is 18.9 Å². The lowest BCUT2D eigenvalue weighted by Crippen LogP contribution is -2.44. The molecule has 0 saturated heterocycles. The highest BCUT2D eigenvalue weighted by molar-refractivity contribution is 7.89. The summed E-state index contributed by atoms with van der Waals surface area (Å²) in [7, 11) is -3.78. The Balaban J connectivity index is 2.72. The van der Waals surface area contributed by atoms with Gasteiger partial charge in [-0.25, -0.2) is 8.42 Å². The van der Waals surface area contributed by atoms with E-state index in [4.69, 9.17) is 10.2 Å². The fourth-order valence-electron chi connectivity index (χ4n) is 1.64. The summed E-state index contributed by atoms with van der Waals surface area (Å²) in [6.07, 6.45) is 0. The van der Waals surface area contributed by atoms with Gasteiger partial charge in [0.05, 0.1) is 12.4 Å². The Morgan fingerprint density at radius 2 is 1.89 bits per heavy atom. The third-order valence-electron chi connectivity index (χ3n) is 2.64. The second-order valence-corrected chi connectivity index (χ2v) is 6.08. The number of sulfonamides is 1. The third kappa shape index (κ3) is 4.98. The van der Waals surface area contributed by atoms with E-state index in [2.05, 4.69) is 0 Å². The predicted molar refractivity (Wildman–Crippen MR) is 70.3 cm³/mol. The molecule has 0 radical (unpaired) electrons. The standard InChI is InChI=1S/C12H17NO5S/c1-9(10-5-3-2-4-6-10)8-19(17,18)13-11(7-14)12(15)16/h2-6,9,11,13-14H,7-8H2,1H3,(H,15,16)/t9?,11-/m1/s1. The number of aliphatic carboxylic acids is 1. The van der Waals surface area contributed by atoms with Crippen molar-refractivity contribution >= 4 is 16.0 Å². The van der Waals surface area contributed by atoms with E-state index in [9.17, 15) is 13.2 Å². The van der Waals surface area contributed by atoms with Crippen molar-refractivity contribution < 1.29 is 23.4 Å². The van der Waals surface area contributed by atoms with E-state index in [1.165, 1.54) is 0 Å². The molecule has 1 unspecified atom stereocenters. The second-order valence-electron chi connectivity index (χ2n) is 4.28. The number of carboxylic acid groups (broad SMARTS) is 1. The number of carbonyl (C=O) groups is 1. The van der Waals surface area contributed by atoms with Crippen molar-refractivity contribution in [3.8, 4) is 0 Å². The van der Waals surface area contributed by atoms with Gasteiger partial charge in [0.15, 0.2) is 0 Å². The number of carboxylic acids is 1. The maximum Gasteiger partial charge on any atom is 0.324 e. The molecule has 6 nitrogen and oxygen atoms in total. The van der Waals surface area contributed by atoms with Crippen LogP contribution in [0, 0.1) is 0 Å². The first-order chi connectivity index (χ1) is 8.85. The maximum atomic E-state index is 11.8.